The van der Waals surface area contributed by atoms with Crippen LogP contribution in [0.15, 0.2) is 22.6 Å². The van der Waals surface area contributed by atoms with Crippen LogP contribution in [0, 0.1) is 27.7 Å². The molecule has 0 aliphatic rings. The summed E-state index contributed by atoms with van der Waals surface area (Å²) < 4.78 is 11.3. The zero-order chi connectivity index (χ0) is 18.1. The highest BCUT2D eigenvalue weighted by atomic mass is 32.1. The number of carbonyl (C=O) groups is 2. The van der Waals surface area contributed by atoms with E-state index in [0.29, 0.717) is 22.2 Å². The molecular weight excluding hydrogens is 340 g/mol. The van der Waals surface area contributed by atoms with E-state index < -0.39 is 11.9 Å². The maximum absolute atomic E-state index is 12.0. The molecule has 1 amide bonds. The van der Waals surface area contributed by atoms with Crippen molar-refractivity contribution < 1.29 is 18.7 Å². The quantitative estimate of drug-likeness (QED) is 0.715. The molecule has 3 rings (SSSR count). The number of aryl methyl sites for hydroxylation is 4. The molecule has 3 aromatic rings. The number of esters is 1. The summed E-state index contributed by atoms with van der Waals surface area (Å²) in [6.45, 7) is 7.04. The molecule has 0 aliphatic heterocycles. The molecule has 0 radical (unpaired) electrons. The number of hydrogen-bond acceptors (Lipinski definition) is 6. The van der Waals surface area contributed by atoms with Gasteiger partial charge in [-0.15, -0.1) is 0 Å². The minimum atomic E-state index is -0.583. The highest BCUT2D eigenvalue weighted by Gasteiger charge is 2.17. The van der Waals surface area contributed by atoms with Crippen LogP contribution in [0.3, 0.4) is 0 Å². The molecule has 130 valence electrons. The van der Waals surface area contributed by atoms with E-state index in [2.05, 4.69) is 10.3 Å². The van der Waals surface area contributed by atoms with Gasteiger partial charge in [0.1, 0.15) is 17.1 Å². The predicted octanol–water partition coefficient (Wildman–Crippen LogP) is 3.92. The summed E-state index contributed by atoms with van der Waals surface area (Å²) in [5.74, 6) is 0.0777. The normalized spacial score (nSPS) is 10.9. The topological polar surface area (TPSA) is 81.4 Å². The Kier molecular flexibility index (Phi) is 4.59. The lowest BCUT2D eigenvalue weighted by molar-refractivity contribution is -0.119. The van der Waals surface area contributed by atoms with Gasteiger partial charge >= 0.3 is 5.97 Å². The van der Waals surface area contributed by atoms with Crippen molar-refractivity contribution in [3.05, 3.63) is 46.4 Å². The summed E-state index contributed by atoms with van der Waals surface area (Å²) in [6.07, 6.45) is 0. The fourth-order valence-electron chi connectivity index (χ4n) is 2.62. The molecule has 0 spiro atoms. The van der Waals surface area contributed by atoms with Crippen molar-refractivity contribution in [3.63, 3.8) is 0 Å². The molecule has 25 heavy (non-hydrogen) atoms. The highest BCUT2D eigenvalue weighted by molar-refractivity contribution is 7.22. The van der Waals surface area contributed by atoms with Crippen molar-refractivity contribution in [1.29, 1.82) is 0 Å². The molecule has 6 nitrogen and oxygen atoms in total. The van der Waals surface area contributed by atoms with Gasteiger partial charge in [-0.3, -0.25) is 10.1 Å². The number of rotatable bonds is 4. The van der Waals surface area contributed by atoms with Gasteiger partial charge in [0.05, 0.1) is 10.2 Å². The first-order valence-electron chi connectivity index (χ1n) is 7.75. The van der Waals surface area contributed by atoms with Crippen molar-refractivity contribution >= 4 is 38.6 Å². The Morgan fingerprint density at radius 1 is 1.20 bits per heavy atom. The average molecular weight is 358 g/mol. The number of fused-ring (bicyclic) bond motifs is 1. The molecule has 0 atom stereocenters. The number of aromatic nitrogens is 1. The van der Waals surface area contributed by atoms with E-state index in [9.17, 15) is 9.59 Å². The lowest BCUT2D eigenvalue weighted by Gasteiger charge is -2.03. The molecule has 2 heterocycles. The molecule has 0 saturated heterocycles. The summed E-state index contributed by atoms with van der Waals surface area (Å²) >= 11 is 1.39. The predicted molar refractivity (Wildman–Crippen MR) is 96.2 cm³/mol. The summed E-state index contributed by atoms with van der Waals surface area (Å²) in [4.78, 5) is 28.4. The van der Waals surface area contributed by atoms with E-state index >= 15 is 0 Å². The second kappa shape index (κ2) is 6.68. The number of hydrogen-bond donors (Lipinski definition) is 1. The second-order valence-corrected chi connectivity index (χ2v) is 6.93. The van der Waals surface area contributed by atoms with Crippen LogP contribution in [0.5, 0.6) is 0 Å². The van der Waals surface area contributed by atoms with Crippen LogP contribution in [-0.4, -0.2) is 23.5 Å². The number of benzene rings is 1. The largest absolute Gasteiger partial charge is 0.466 e. The number of carbonyl (C=O) groups excluding carboxylic acids is 2. The van der Waals surface area contributed by atoms with E-state index in [0.717, 1.165) is 21.3 Å². The van der Waals surface area contributed by atoms with Crippen molar-refractivity contribution in [3.8, 4) is 0 Å². The van der Waals surface area contributed by atoms with Crippen molar-refractivity contribution in [2.45, 2.75) is 27.7 Å². The van der Waals surface area contributed by atoms with Crippen LogP contribution in [0.1, 0.15) is 33.0 Å². The maximum Gasteiger partial charge on any atom is 0.342 e. The minimum Gasteiger partial charge on any atom is -0.466 e. The fraction of sp³-hybridized carbons (Fsp3) is 0.278. The maximum atomic E-state index is 12.0. The molecule has 0 fully saturated rings. The monoisotopic (exact) mass is 358 g/mol. The average Bonchev–Trinajstić information content (AvgIpc) is 3.07. The van der Waals surface area contributed by atoms with Crippen LogP contribution >= 0.6 is 11.3 Å². The summed E-state index contributed by atoms with van der Waals surface area (Å²) in [7, 11) is 0. The van der Waals surface area contributed by atoms with Crippen molar-refractivity contribution in [2.75, 3.05) is 11.9 Å². The van der Waals surface area contributed by atoms with E-state index in [1.54, 1.807) is 19.9 Å². The first-order valence-corrected chi connectivity index (χ1v) is 8.57. The standard InChI is InChI=1S/C18H18N2O4S/c1-9-5-10(2)16-14(6-9)25-18(20-16)19-15(21)8-23-17(22)13-7-11(3)24-12(13)4/h5-7H,8H2,1-4H3,(H,19,20,21). The summed E-state index contributed by atoms with van der Waals surface area (Å²) in [5, 5.41) is 3.16. The number of thiazole rings is 1. The number of amides is 1. The SMILES string of the molecule is Cc1cc(C)c2nc(NC(=O)COC(=O)c3cc(C)oc3C)sc2c1. The second-order valence-electron chi connectivity index (χ2n) is 5.90. The number of ether oxygens (including phenoxy) is 1. The van der Waals surface area contributed by atoms with E-state index in [-0.39, 0.29) is 6.61 Å². The van der Waals surface area contributed by atoms with Gasteiger partial charge in [-0.05, 0) is 51.0 Å². The van der Waals surface area contributed by atoms with Crippen molar-refractivity contribution in [1.82, 2.24) is 4.98 Å². The van der Waals surface area contributed by atoms with E-state index in [1.807, 2.05) is 26.0 Å². The fourth-order valence-corrected chi connectivity index (χ4v) is 3.68. The molecule has 1 N–H and O–H groups in total. The van der Waals surface area contributed by atoms with Crippen LogP contribution in [-0.2, 0) is 9.53 Å². The zero-order valence-corrected chi connectivity index (χ0v) is 15.2. The van der Waals surface area contributed by atoms with Gasteiger partial charge < -0.3 is 9.15 Å². The van der Waals surface area contributed by atoms with Gasteiger partial charge in [-0.1, -0.05) is 17.4 Å². The first-order chi connectivity index (χ1) is 11.8. The molecule has 0 bridgehead atoms. The first kappa shape index (κ1) is 17.2. The van der Waals surface area contributed by atoms with Gasteiger partial charge in [0, 0.05) is 0 Å². The Morgan fingerprint density at radius 2 is 1.96 bits per heavy atom. The third-order valence-electron chi connectivity index (χ3n) is 3.67. The summed E-state index contributed by atoms with van der Waals surface area (Å²) in [5.41, 5.74) is 3.40. The Balaban J connectivity index is 1.64. The Labute approximate surface area is 148 Å². The zero-order valence-electron chi connectivity index (χ0n) is 14.4. The van der Waals surface area contributed by atoms with Gasteiger partial charge in [-0.25, -0.2) is 9.78 Å². The summed E-state index contributed by atoms with van der Waals surface area (Å²) in [6, 6.07) is 5.67. The molecule has 0 unspecified atom stereocenters. The third-order valence-corrected chi connectivity index (χ3v) is 4.59. The molecular formula is C18H18N2O4S. The van der Waals surface area contributed by atoms with Gasteiger partial charge in [-0.2, -0.15) is 0 Å². The van der Waals surface area contributed by atoms with Crippen molar-refractivity contribution in [2.24, 2.45) is 0 Å². The number of furan rings is 1. The van der Waals surface area contributed by atoms with Crippen LogP contribution in [0.4, 0.5) is 5.13 Å². The highest BCUT2D eigenvalue weighted by Crippen LogP contribution is 2.29. The van der Waals surface area contributed by atoms with Gasteiger partial charge in [0.25, 0.3) is 5.91 Å². The smallest absolute Gasteiger partial charge is 0.342 e. The number of nitrogens with one attached hydrogen (secondary N) is 1. The molecule has 0 aliphatic carbocycles. The third kappa shape index (κ3) is 3.71. The van der Waals surface area contributed by atoms with E-state index in [1.165, 1.54) is 11.3 Å². The van der Waals surface area contributed by atoms with E-state index in [4.69, 9.17) is 9.15 Å². The molecule has 2 aromatic heterocycles. The lowest BCUT2D eigenvalue weighted by Crippen LogP contribution is -2.20. The Morgan fingerprint density at radius 3 is 2.64 bits per heavy atom. The molecule has 1 aromatic carbocycles. The van der Waals surface area contributed by atoms with Crippen LogP contribution < -0.4 is 5.32 Å². The molecule has 0 saturated carbocycles. The Hall–Kier alpha value is -2.67. The number of nitrogens with zero attached hydrogens (tertiary/aromatic N) is 1. The molecule has 7 heteroatoms. The number of anilines is 1. The van der Waals surface area contributed by atoms with Gasteiger partial charge in [0.2, 0.25) is 0 Å². The lowest BCUT2D eigenvalue weighted by atomic mass is 10.1. The van der Waals surface area contributed by atoms with Crippen LogP contribution in [0.25, 0.3) is 10.2 Å². The Bertz CT molecular complexity index is 971. The van der Waals surface area contributed by atoms with Gasteiger partial charge in [0.15, 0.2) is 11.7 Å². The van der Waals surface area contributed by atoms with Crippen LogP contribution in [0.2, 0.25) is 0 Å². The minimum absolute atomic E-state index is 0.330.